The highest BCUT2D eigenvalue weighted by atomic mass is 16.5. The summed E-state index contributed by atoms with van der Waals surface area (Å²) in [6.45, 7) is 1.78. The van der Waals surface area contributed by atoms with Crippen LogP contribution in [0.5, 0.6) is 11.5 Å². The van der Waals surface area contributed by atoms with Crippen molar-refractivity contribution in [2.75, 3.05) is 27.3 Å². The normalized spacial score (nSPS) is 27.9. The number of hydrogen-bond donors (Lipinski definition) is 0. The molecular weight excluding hydrogens is 322 g/mol. The Morgan fingerprint density at radius 2 is 2.12 bits per heavy atom. The molecule has 0 radical (unpaired) electrons. The summed E-state index contributed by atoms with van der Waals surface area (Å²) in [6, 6.07) is 7.11. The summed E-state index contributed by atoms with van der Waals surface area (Å²) in [5.41, 5.74) is 2.81. The van der Waals surface area contributed by atoms with Gasteiger partial charge in [0.1, 0.15) is 6.61 Å². The molecule has 1 saturated heterocycles. The van der Waals surface area contributed by atoms with Gasteiger partial charge in [-0.2, -0.15) is 0 Å². The molecule has 3 aliphatic rings. The fourth-order valence-electron chi connectivity index (χ4n) is 4.75. The van der Waals surface area contributed by atoms with Crippen molar-refractivity contribution in [2.24, 2.45) is 0 Å². The van der Waals surface area contributed by atoms with Gasteiger partial charge in [0.05, 0.1) is 7.11 Å². The maximum Gasteiger partial charge on any atom is 0.161 e. The zero-order valence-corrected chi connectivity index (χ0v) is 15.9. The molecule has 1 aromatic rings. The Balaban J connectivity index is 1.63. The van der Waals surface area contributed by atoms with Gasteiger partial charge >= 0.3 is 0 Å². The largest absolute Gasteiger partial charge is 0.493 e. The maximum absolute atomic E-state index is 6.21. The number of methoxy groups -OCH3 is 1. The van der Waals surface area contributed by atoms with E-state index >= 15 is 0 Å². The third kappa shape index (κ3) is 3.09. The van der Waals surface area contributed by atoms with E-state index in [0.29, 0.717) is 12.6 Å². The molecule has 0 aromatic heterocycles. The molecule has 26 heavy (non-hydrogen) atoms. The minimum absolute atomic E-state index is 0.115. The lowest BCUT2D eigenvalue weighted by Crippen LogP contribution is -2.41. The second-order valence-corrected chi connectivity index (χ2v) is 7.71. The smallest absolute Gasteiger partial charge is 0.161 e. The summed E-state index contributed by atoms with van der Waals surface area (Å²) < 4.78 is 11.8. The van der Waals surface area contributed by atoms with Gasteiger partial charge in [-0.25, -0.2) is 0 Å². The zero-order chi connectivity index (χ0) is 18.0. The first-order chi connectivity index (χ1) is 12.7. The first-order valence-electron chi connectivity index (χ1n) is 9.77. The standard InChI is InChI=1S/C23H29NO2/c1-24-15-14-23(13-7-6-10-22(23)24)19-11-12-20(25-2)21(16-19)26-17-18-8-4-3-5-9-18/h3-4,7-8,11-13,16,22H,5-6,9-10,14-15,17H2,1-2H3/t22-,23-/m0/s1. The van der Waals surface area contributed by atoms with Crippen molar-refractivity contribution in [2.45, 2.75) is 43.6 Å². The number of fused-ring (bicyclic) bond motifs is 1. The quantitative estimate of drug-likeness (QED) is 0.721. The summed E-state index contributed by atoms with van der Waals surface area (Å²) in [4.78, 5) is 2.52. The van der Waals surface area contributed by atoms with Crippen LogP contribution in [0.15, 0.2) is 54.2 Å². The summed E-state index contributed by atoms with van der Waals surface area (Å²) in [6.07, 6.45) is 17.1. The molecule has 0 bridgehead atoms. The summed E-state index contributed by atoms with van der Waals surface area (Å²) in [7, 11) is 3.98. The van der Waals surface area contributed by atoms with Crippen molar-refractivity contribution in [1.29, 1.82) is 0 Å². The maximum atomic E-state index is 6.21. The lowest BCUT2D eigenvalue weighted by Gasteiger charge is -2.38. The minimum atomic E-state index is 0.115. The van der Waals surface area contributed by atoms with Crippen molar-refractivity contribution >= 4 is 0 Å². The number of likely N-dealkylation sites (tertiary alicyclic amines) is 1. The molecule has 0 N–H and O–H groups in total. The molecule has 0 amide bonds. The van der Waals surface area contributed by atoms with E-state index in [1.807, 2.05) is 0 Å². The van der Waals surface area contributed by atoms with Crippen LogP contribution in [-0.4, -0.2) is 38.3 Å². The molecule has 1 aromatic carbocycles. The Hall–Kier alpha value is -2.00. The predicted molar refractivity (Wildman–Crippen MR) is 106 cm³/mol. The fraction of sp³-hybridized carbons (Fsp3) is 0.478. The van der Waals surface area contributed by atoms with E-state index in [2.05, 4.69) is 60.5 Å². The highest BCUT2D eigenvalue weighted by Gasteiger charge is 2.46. The predicted octanol–water partition coefficient (Wildman–Crippen LogP) is 4.64. The first-order valence-corrected chi connectivity index (χ1v) is 9.77. The van der Waals surface area contributed by atoms with Crippen LogP contribution in [0.2, 0.25) is 0 Å². The van der Waals surface area contributed by atoms with Gasteiger partial charge in [0.2, 0.25) is 0 Å². The fourth-order valence-corrected chi connectivity index (χ4v) is 4.75. The third-order valence-corrected chi connectivity index (χ3v) is 6.24. The van der Waals surface area contributed by atoms with Crippen LogP contribution < -0.4 is 9.47 Å². The molecule has 4 rings (SSSR count). The van der Waals surface area contributed by atoms with Crippen molar-refractivity contribution in [3.8, 4) is 11.5 Å². The number of likely N-dealkylation sites (N-methyl/N-ethyl adjacent to an activating group) is 1. The molecule has 3 nitrogen and oxygen atoms in total. The summed E-state index contributed by atoms with van der Waals surface area (Å²) in [5, 5.41) is 0. The average molecular weight is 351 g/mol. The molecule has 138 valence electrons. The number of rotatable bonds is 5. The minimum Gasteiger partial charge on any atom is -0.493 e. The third-order valence-electron chi connectivity index (χ3n) is 6.24. The Morgan fingerprint density at radius 3 is 2.92 bits per heavy atom. The van der Waals surface area contributed by atoms with Gasteiger partial charge in [-0.1, -0.05) is 36.4 Å². The molecule has 0 saturated carbocycles. The van der Waals surface area contributed by atoms with Crippen LogP contribution in [0.1, 0.15) is 37.7 Å². The Labute approximate surface area is 157 Å². The SMILES string of the molecule is COc1ccc([C@@]23C=CCC[C@@H]2N(C)CC3)cc1OCC1=CC=CCC1. The molecule has 3 heteroatoms. The van der Waals surface area contributed by atoms with Gasteiger partial charge in [0, 0.05) is 11.5 Å². The van der Waals surface area contributed by atoms with Crippen molar-refractivity contribution in [1.82, 2.24) is 4.90 Å². The Bertz CT molecular complexity index is 749. The molecule has 1 heterocycles. The lowest BCUT2D eigenvalue weighted by molar-refractivity contribution is 0.248. The van der Waals surface area contributed by atoms with E-state index in [0.717, 1.165) is 30.9 Å². The van der Waals surface area contributed by atoms with Crippen LogP contribution >= 0.6 is 0 Å². The van der Waals surface area contributed by atoms with Crippen LogP contribution in [-0.2, 0) is 5.41 Å². The van der Waals surface area contributed by atoms with Gasteiger partial charge in [0.15, 0.2) is 11.5 Å². The summed E-state index contributed by atoms with van der Waals surface area (Å²) in [5.74, 6) is 1.68. The van der Waals surface area contributed by atoms with Gasteiger partial charge in [-0.15, -0.1) is 0 Å². The van der Waals surface area contributed by atoms with Gasteiger partial charge < -0.3 is 14.4 Å². The van der Waals surface area contributed by atoms with Crippen LogP contribution in [0.25, 0.3) is 0 Å². The number of ether oxygens (including phenoxy) is 2. The second kappa shape index (κ2) is 7.32. The Kier molecular flexibility index (Phi) is 4.90. The van der Waals surface area contributed by atoms with E-state index < -0.39 is 0 Å². The number of benzene rings is 1. The van der Waals surface area contributed by atoms with Crippen molar-refractivity contribution in [3.63, 3.8) is 0 Å². The summed E-state index contributed by atoms with van der Waals surface area (Å²) >= 11 is 0. The molecule has 0 spiro atoms. The molecule has 1 aliphatic heterocycles. The molecule has 2 atom stereocenters. The molecule has 2 aliphatic carbocycles. The number of allylic oxidation sites excluding steroid dienone is 4. The van der Waals surface area contributed by atoms with Crippen molar-refractivity contribution < 1.29 is 9.47 Å². The van der Waals surface area contributed by atoms with E-state index in [1.54, 1.807) is 7.11 Å². The first kappa shape index (κ1) is 17.4. The topological polar surface area (TPSA) is 21.7 Å². The monoisotopic (exact) mass is 351 g/mol. The van der Waals surface area contributed by atoms with Gasteiger partial charge in [-0.05, 0) is 69.0 Å². The van der Waals surface area contributed by atoms with E-state index in [4.69, 9.17) is 9.47 Å². The Morgan fingerprint density at radius 1 is 1.19 bits per heavy atom. The number of hydrogen-bond acceptors (Lipinski definition) is 3. The van der Waals surface area contributed by atoms with E-state index in [-0.39, 0.29) is 5.41 Å². The van der Waals surface area contributed by atoms with E-state index in [1.165, 1.54) is 30.4 Å². The lowest BCUT2D eigenvalue weighted by atomic mass is 9.70. The van der Waals surface area contributed by atoms with E-state index in [9.17, 15) is 0 Å². The highest BCUT2D eigenvalue weighted by molar-refractivity contribution is 5.48. The molecule has 0 unspecified atom stereocenters. The molecular formula is C23H29NO2. The zero-order valence-electron chi connectivity index (χ0n) is 15.9. The highest BCUT2D eigenvalue weighted by Crippen LogP contribution is 2.47. The van der Waals surface area contributed by atoms with Crippen molar-refractivity contribution in [3.05, 3.63) is 59.7 Å². The van der Waals surface area contributed by atoms with Crippen LogP contribution in [0.4, 0.5) is 0 Å². The van der Waals surface area contributed by atoms with Gasteiger partial charge in [0.25, 0.3) is 0 Å². The number of nitrogens with zero attached hydrogens (tertiary/aromatic N) is 1. The average Bonchev–Trinajstić information content (AvgIpc) is 3.05. The van der Waals surface area contributed by atoms with Crippen LogP contribution in [0.3, 0.4) is 0 Å². The van der Waals surface area contributed by atoms with Gasteiger partial charge in [-0.3, -0.25) is 0 Å². The molecule has 1 fully saturated rings. The van der Waals surface area contributed by atoms with Crippen LogP contribution in [0, 0.1) is 0 Å². The second-order valence-electron chi connectivity index (χ2n) is 7.71.